The predicted molar refractivity (Wildman–Crippen MR) is 53.5 cm³/mol. The van der Waals surface area contributed by atoms with Gasteiger partial charge in [-0.15, -0.1) is 6.42 Å². The zero-order valence-electron chi connectivity index (χ0n) is 7.50. The lowest BCUT2D eigenvalue weighted by atomic mass is 10.1. The van der Waals surface area contributed by atoms with E-state index >= 15 is 0 Å². The monoisotopic (exact) mass is 170 g/mol. The van der Waals surface area contributed by atoms with Crippen molar-refractivity contribution in [1.82, 2.24) is 0 Å². The highest BCUT2D eigenvalue weighted by molar-refractivity contribution is 5.81. The van der Waals surface area contributed by atoms with Gasteiger partial charge in [-0.3, -0.25) is 0 Å². The second-order valence-corrected chi connectivity index (χ2v) is 2.94. The van der Waals surface area contributed by atoms with E-state index in [0.717, 1.165) is 17.4 Å². The molecule has 0 saturated carbocycles. The average Bonchev–Trinajstić information content (AvgIpc) is 2.59. The number of para-hydroxylation sites is 1. The van der Waals surface area contributed by atoms with Crippen LogP contribution in [0.4, 0.5) is 0 Å². The van der Waals surface area contributed by atoms with Crippen LogP contribution in [0.25, 0.3) is 11.0 Å². The minimum Gasteiger partial charge on any atom is -0.447 e. The van der Waals surface area contributed by atoms with Crippen molar-refractivity contribution in [2.45, 2.75) is 13.3 Å². The van der Waals surface area contributed by atoms with Crippen LogP contribution in [-0.4, -0.2) is 0 Å². The van der Waals surface area contributed by atoms with Crippen molar-refractivity contribution in [2.24, 2.45) is 0 Å². The predicted octanol–water partition coefficient (Wildman–Crippen LogP) is 2.98. The molecule has 0 aliphatic heterocycles. The summed E-state index contributed by atoms with van der Waals surface area (Å²) >= 11 is 0. The molecule has 0 N–H and O–H groups in total. The molecule has 2 rings (SSSR count). The van der Waals surface area contributed by atoms with Crippen LogP contribution >= 0.6 is 0 Å². The normalized spacial score (nSPS) is 10.2. The summed E-state index contributed by atoms with van der Waals surface area (Å²) in [6.07, 6.45) is 6.23. The van der Waals surface area contributed by atoms with E-state index in [2.05, 4.69) is 18.9 Å². The first-order valence-electron chi connectivity index (χ1n) is 4.33. The van der Waals surface area contributed by atoms with E-state index in [1.165, 1.54) is 5.56 Å². The summed E-state index contributed by atoms with van der Waals surface area (Å²) < 4.78 is 5.50. The van der Waals surface area contributed by atoms with Crippen molar-refractivity contribution < 1.29 is 4.42 Å². The van der Waals surface area contributed by atoms with Gasteiger partial charge in [-0.1, -0.05) is 25.1 Å². The summed E-state index contributed by atoms with van der Waals surface area (Å²) in [4.78, 5) is 0. The summed E-state index contributed by atoms with van der Waals surface area (Å²) in [6.45, 7) is 2.10. The molecule has 1 heteroatoms. The number of aryl methyl sites for hydroxylation is 1. The molecule has 13 heavy (non-hydrogen) atoms. The van der Waals surface area contributed by atoms with E-state index in [1.807, 2.05) is 18.2 Å². The lowest BCUT2D eigenvalue weighted by Gasteiger charge is -1.95. The standard InChI is InChI=1S/C12H10O/c1-3-9-6-5-7-10-8-11(4-2)13-12(9)10/h2,5-8H,3H2,1H3. The number of rotatable bonds is 1. The largest absolute Gasteiger partial charge is 0.447 e. The minimum atomic E-state index is 0.607. The van der Waals surface area contributed by atoms with Gasteiger partial charge in [-0.05, 0) is 17.9 Å². The molecule has 1 aromatic carbocycles. The number of furan rings is 1. The number of benzene rings is 1. The summed E-state index contributed by atoms with van der Waals surface area (Å²) in [5, 5.41) is 1.09. The van der Waals surface area contributed by atoms with Crippen molar-refractivity contribution >= 4 is 11.0 Å². The highest BCUT2D eigenvalue weighted by atomic mass is 16.3. The molecule has 0 amide bonds. The SMILES string of the molecule is C#Cc1cc2cccc(CC)c2o1. The maximum Gasteiger partial charge on any atom is 0.177 e. The van der Waals surface area contributed by atoms with Gasteiger partial charge in [0.05, 0.1) is 0 Å². The highest BCUT2D eigenvalue weighted by Crippen LogP contribution is 2.22. The Kier molecular flexibility index (Phi) is 1.83. The van der Waals surface area contributed by atoms with Gasteiger partial charge >= 0.3 is 0 Å². The van der Waals surface area contributed by atoms with Gasteiger partial charge in [0.15, 0.2) is 5.76 Å². The molecule has 0 unspecified atom stereocenters. The lowest BCUT2D eigenvalue weighted by Crippen LogP contribution is -1.78. The fraction of sp³-hybridized carbons (Fsp3) is 0.167. The Morgan fingerprint density at radius 1 is 1.46 bits per heavy atom. The topological polar surface area (TPSA) is 13.1 Å². The van der Waals surface area contributed by atoms with Crippen LogP contribution in [0.3, 0.4) is 0 Å². The molecule has 0 saturated heterocycles. The summed E-state index contributed by atoms with van der Waals surface area (Å²) in [7, 11) is 0. The first kappa shape index (κ1) is 7.94. The van der Waals surface area contributed by atoms with E-state index in [4.69, 9.17) is 10.8 Å². The van der Waals surface area contributed by atoms with E-state index in [1.54, 1.807) is 0 Å². The summed E-state index contributed by atoms with van der Waals surface area (Å²) in [5.74, 6) is 3.11. The second kappa shape index (κ2) is 2.99. The van der Waals surface area contributed by atoms with Crippen LogP contribution in [-0.2, 0) is 6.42 Å². The average molecular weight is 170 g/mol. The van der Waals surface area contributed by atoms with Crippen LogP contribution in [0.1, 0.15) is 18.2 Å². The first-order valence-corrected chi connectivity index (χ1v) is 4.33. The number of hydrogen-bond donors (Lipinski definition) is 0. The fourth-order valence-electron chi connectivity index (χ4n) is 1.47. The van der Waals surface area contributed by atoms with E-state index < -0.39 is 0 Å². The zero-order chi connectivity index (χ0) is 9.26. The number of hydrogen-bond acceptors (Lipinski definition) is 1. The summed E-state index contributed by atoms with van der Waals surface area (Å²) in [6, 6.07) is 8.00. The second-order valence-electron chi connectivity index (χ2n) is 2.94. The van der Waals surface area contributed by atoms with Crippen LogP contribution in [0.2, 0.25) is 0 Å². The van der Waals surface area contributed by atoms with Crippen molar-refractivity contribution in [3.8, 4) is 12.3 Å². The molecule has 1 nitrogen and oxygen atoms in total. The maximum atomic E-state index is 5.50. The Morgan fingerprint density at radius 3 is 3.00 bits per heavy atom. The molecule has 0 spiro atoms. The van der Waals surface area contributed by atoms with Crippen molar-refractivity contribution in [2.75, 3.05) is 0 Å². The minimum absolute atomic E-state index is 0.607. The Bertz CT molecular complexity index is 471. The number of terminal acetylenes is 1. The van der Waals surface area contributed by atoms with Gasteiger partial charge in [0.25, 0.3) is 0 Å². The van der Waals surface area contributed by atoms with E-state index in [-0.39, 0.29) is 0 Å². The molecule has 0 aliphatic rings. The van der Waals surface area contributed by atoms with Gasteiger partial charge < -0.3 is 4.42 Å². The molecule has 0 atom stereocenters. The molecule has 0 bridgehead atoms. The molecule has 64 valence electrons. The number of fused-ring (bicyclic) bond motifs is 1. The van der Waals surface area contributed by atoms with Crippen LogP contribution in [0.15, 0.2) is 28.7 Å². The van der Waals surface area contributed by atoms with Gasteiger partial charge in [-0.2, -0.15) is 0 Å². The van der Waals surface area contributed by atoms with Crippen molar-refractivity contribution in [3.05, 3.63) is 35.6 Å². The highest BCUT2D eigenvalue weighted by Gasteiger charge is 2.04. The van der Waals surface area contributed by atoms with Crippen molar-refractivity contribution in [1.29, 1.82) is 0 Å². The molecule has 0 aliphatic carbocycles. The molecular weight excluding hydrogens is 160 g/mol. The molecule has 0 fully saturated rings. The third-order valence-corrected chi connectivity index (χ3v) is 2.15. The molecule has 1 aromatic heterocycles. The zero-order valence-corrected chi connectivity index (χ0v) is 7.50. The van der Waals surface area contributed by atoms with Gasteiger partial charge in [0.2, 0.25) is 0 Å². The summed E-state index contributed by atoms with van der Waals surface area (Å²) in [5.41, 5.74) is 2.14. The lowest BCUT2D eigenvalue weighted by molar-refractivity contribution is 0.597. The fourth-order valence-corrected chi connectivity index (χ4v) is 1.47. The first-order chi connectivity index (χ1) is 6.35. The molecular formula is C12H10O. The van der Waals surface area contributed by atoms with E-state index in [0.29, 0.717) is 5.76 Å². The molecule has 1 heterocycles. The molecule has 0 radical (unpaired) electrons. The van der Waals surface area contributed by atoms with Crippen LogP contribution < -0.4 is 0 Å². The Hall–Kier alpha value is -1.68. The quantitative estimate of drug-likeness (QED) is 0.600. The van der Waals surface area contributed by atoms with Gasteiger partial charge in [0.1, 0.15) is 5.58 Å². The third kappa shape index (κ3) is 1.21. The third-order valence-electron chi connectivity index (χ3n) is 2.15. The van der Waals surface area contributed by atoms with Crippen LogP contribution in [0, 0.1) is 12.3 Å². The Balaban J connectivity index is 2.76. The molecule has 2 aromatic rings. The maximum absolute atomic E-state index is 5.50. The van der Waals surface area contributed by atoms with E-state index in [9.17, 15) is 0 Å². The van der Waals surface area contributed by atoms with Gasteiger partial charge in [0, 0.05) is 11.5 Å². The van der Waals surface area contributed by atoms with Crippen LogP contribution in [0.5, 0.6) is 0 Å². The van der Waals surface area contributed by atoms with Crippen molar-refractivity contribution in [3.63, 3.8) is 0 Å². The van der Waals surface area contributed by atoms with Gasteiger partial charge in [-0.25, -0.2) is 0 Å². The Labute approximate surface area is 77.4 Å². The smallest absolute Gasteiger partial charge is 0.177 e. The Morgan fingerprint density at radius 2 is 2.31 bits per heavy atom.